The summed E-state index contributed by atoms with van der Waals surface area (Å²) < 4.78 is 6.63. The van der Waals surface area contributed by atoms with Gasteiger partial charge in [0.15, 0.2) is 0 Å². The molecule has 0 saturated carbocycles. The van der Waals surface area contributed by atoms with Crippen LogP contribution in [-0.4, -0.2) is 17.7 Å². The molecule has 2 rings (SSSR count). The number of carbonyl (C=O) groups is 1. The highest BCUT2D eigenvalue weighted by atomic mass is 79.9. The molecule has 0 atom stereocenters. The van der Waals surface area contributed by atoms with Crippen molar-refractivity contribution in [3.8, 4) is 5.75 Å². The minimum atomic E-state index is -0.912. The molecule has 0 unspecified atom stereocenters. The second-order valence-electron chi connectivity index (χ2n) is 4.06. The molecule has 0 saturated heterocycles. The molecule has 1 aliphatic heterocycles. The fourth-order valence-electron chi connectivity index (χ4n) is 2.03. The molecule has 4 heteroatoms. The molecule has 0 amide bonds. The SMILES string of the molecule is Cc1cc(Br)cc2c1OCCC/C2=C\C(=O)O. The molecule has 0 bridgehead atoms. The van der Waals surface area contributed by atoms with E-state index in [2.05, 4.69) is 15.9 Å². The maximum absolute atomic E-state index is 10.8. The van der Waals surface area contributed by atoms with E-state index in [1.165, 1.54) is 6.08 Å². The first kappa shape index (κ1) is 12.2. The third-order valence-corrected chi connectivity index (χ3v) is 3.18. The number of carboxylic acids is 1. The monoisotopic (exact) mass is 296 g/mol. The van der Waals surface area contributed by atoms with Gasteiger partial charge in [0.2, 0.25) is 0 Å². The molecule has 1 N–H and O–H groups in total. The zero-order valence-electron chi connectivity index (χ0n) is 9.50. The van der Waals surface area contributed by atoms with Crippen LogP contribution in [0.4, 0.5) is 0 Å². The fraction of sp³-hybridized carbons (Fsp3) is 0.308. The molecule has 90 valence electrons. The topological polar surface area (TPSA) is 46.5 Å². The van der Waals surface area contributed by atoms with Gasteiger partial charge in [-0.05, 0) is 43.0 Å². The molecular weight excluding hydrogens is 284 g/mol. The number of allylic oxidation sites excluding steroid dienone is 1. The van der Waals surface area contributed by atoms with Crippen LogP contribution < -0.4 is 4.74 Å². The van der Waals surface area contributed by atoms with E-state index in [1.807, 2.05) is 19.1 Å². The highest BCUT2D eigenvalue weighted by Gasteiger charge is 2.17. The molecule has 1 aromatic carbocycles. The van der Waals surface area contributed by atoms with Crippen molar-refractivity contribution in [1.82, 2.24) is 0 Å². The second kappa shape index (κ2) is 4.92. The van der Waals surface area contributed by atoms with Crippen molar-refractivity contribution in [2.75, 3.05) is 6.61 Å². The lowest BCUT2D eigenvalue weighted by Gasteiger charge is -2.12. The van der Waals surface area contributed by atoms with Gasteiger partial charge < -0.3 is 9.84 Å². The predicted octanol–water partition coefficient (Wildman–Crippen LogP) is 3.40. The van der Waals surface area contributed by atoms with Crippen LogP contribution in [0.15, 0.2) is 22.7 Å². The fourth-order valence-corrected chi connectivity index (χ4v) is 2.60. The zero-order valence-corrected chi connectivity index (χ0v) is 11.1. The van der Waals surface area contributed by atoms with Gasteiger partial charge in [-0.25, -0.2) is 4.79 Å². The maximum Gasteiger partial charge on any atom is 0.328 e. The highest BCUT2D eigenvalue weighted by molar-refractivity contribution is 9.10. The summed E-state index contributed by atoms with van der Waals surface area (Å²) in [6.45, 7) is 2.60. The van der Waals surface area contributed by atoms with E-state index in [-0.39, 0.29) is 0 Å². The summed E-state index contributed by atoms with van der Waals surface area (Å²) in [5.41, 5.74) is 2.73. The number of benzene rings is 1. The van der Waals surface area contributed by atoms with Gasteiger partial charge in [-0.2, -0.15) is 0 Å². The molecule has 0 aliphatic carbocycles. The zero-order chi connectivity index (χ0) is 12.4. The standard InChI is InChI=1S/C13H13BrO3/c1-8-5-10(14)7-11-9(6-12(15)16)3-2-4-17-13(8)11/h5-7H,2-4H2,1H3,(H,15,16)/b9-6+. The maximum atomic E-state index is 10.8. The van der Waals surface area contributed by atoms with Gasteiger partial charge in [-0.15, -0.1) is 0 Å². The average molecular weight is 297 g/mol. The lowest BCUT2D eigenvalue weighted by molar-refractivity contribution is -0.131. The Morgan fingerprint density at radius 1 is 1.53 bits per heavy atom. The summed E-state index contributed by atoms with van der Waals surface area (Å²) in [6, 6.07) is 3.89. The molecule has 0 radical (unpaired) electrons. The minimum Gasteiger partial charge on any atom is -0.493 e. The lowest BCUT2D eigenvalue weighted by atomic mass is 9.99. The number of aryl methyl sites for hydroxylation is 1. The Bertz CT molecular complexity index is 492. The largest absolute Gasteiger partial charge is 0.493 e. The smallest absolute Gasteiger partial charge is 0.328 e. The van der Waals surface area contributed by atoms with E-state index in [4.69, 9.17) is 9.84 Å². The van der Waals surface area contributed by atoms with Crippen LogP contribution in [0.2, 0.25) is 0 Å². The van der Waals surface area contributed by atoms with Crippen LogP contribution in [0.5, 0.6) is 5.75 Å². The van der Waals surface area contributed by atoms with E-state index in [0.29, 0.717) is 6.61 Å². The molecule has 0 spiro atoms. The van der Waals surface area contributed by atoms with Gasteiger partial charge in [0.05, 0.1) is 6.61 Å². The van der Waals surface area contributed by atoms with Crippen molar-refractivity contribution in [3.63, 3.8) is 0 Å². The quantitative estimate of drug-likeness (QED) is 0.808. The summed E-state index contributed by atoms with van der Waals surface area (Å²) in [7, 11) is 0. The summed E-state index contributed by atoms with van der Waals surface area (Å²) in [6.07, 6.45) is 2.85. The number of aliphatic carboxylic acids is 1. The summed E-state index contributed by atoms with van der Waals surface area (Å²) in [4.78, 5) is 10.8. The van der Waals surface area contributed by atoms with Crippen molar-refractivity contribution in [2.24, 2.45) is 0 Å². The molecule has 1 heterocycles. The van der Waals surface area contributed by atoms with Crippen LogP contribution in [0, 0.1) is 6.92 Å². The Morgan fingerprint density at radius 3 is 3.00 bits per heavy atom. The normalized spacial score (nSPS) is 17.2. The number of hydrogen-bond donors (Lipinski definition) is 1. The second-order valence-corrected chi connectivity index (χ2v) is 4.97. The van der Waals surface area contributed by atoms with Gasteiger partial charge in [-0.1, -0.05) is 15.9 Å². The summed E-state index contributed by atoms with van der Waals surface area (Å²) in [5.74, 6) is -0.108. The average Bonchev–Trinajstić information content (AvgIpc) is 2.41. The van der Waals surface area contributed by atoms with Crippen molar-refractivity contribution in [2.45, 2.75) is 19.8 Å². The first-order valence-corrected chi connectivity index (χ1v) is 6.24. The van der Waals surface area contributed by atoms with Gasteiger partial charge in [-0.3, -0.25) is 0 Å². The van der Waals surface area contributed by atoms with E-state index in [0.717, 1.165) is 39.8 Å². The van der Waals surface area contributed by atoms with Crippen molar-refractivity contribution in [3.05, 3.63) is 33.8 Å². The molecular formula is C13H13BrO3. The van der Waals surface area contributed by atoms with Crippen molar-refractivity contribution in [1.29, 1.82) is 0 Å². The van der Waals surface area contributed by atoms with E-state index >= 15 is 0 Å². The minimum absolute atomic E-state index is 0.631. The first-order valence-electron chi connectivity index (χ1n) is 5.45. The van der Waals surface area contributed by atoms with E-state index < -0.39 is 5.97 Å². The Hall–Kier alpha value is -1.29. The van der Waals surface area contributed by atoms with Crippen molar-refractivity contribution >= 4 is 27.5 Å². The molecule has 0 fully saturated rings. The number of hydrogen-bond acceptors (Lipinski definition) is 2. The Labute approximate surface area is 108 Å². The summed E-state index contributed by atoms with van der Waals surface area (Å²) >= 11 is 3.43. The molecule has 1 aliphatic rings. The highest BCUT2D eigenvalue weighted by Crippen LogP contribution is 2.37. The van der Waals surface area contributed by atoms with Crippen LogP contribution in [0.25, 0.3) is 5.57 Å². The number of fused-ring (bicyclic) bond motifs is 1. The van der Waals surface area contributed by atoms with Crippen LogP contribution in [-0.2, 0) is 4.79 Å². The van der Waals surface area contributed by atoms with Gasteiger partial charge in [0, 0.05) is 16.1 Å². The van der Waals surface area contributed by atoms with Gasteiger partial charge in [0.25, 0.3) is 0 Å². The van der Waals surface area contributed by atoms with Crippen LogP contribution >= 0.6 is 15.9 Å². The third kappa shape index (κ3) is 2.69. The molecule has 1 aromatic rings. The Balaban J connectivity index is 2.59. The third-order valence-electron chi connectivity index (χ3n) is 2.72. The molecule has 17 heavy (non-hydrogen) atoms. The molecule has 0 aromatic heterocycles. The predicted molar refractivity (Wildman–Crippen MR) is 69.2 cm³/mol. The lowest BCUT2D eigenvalue weighted by Crippen LogP contribution is -1.97. The van der Waals surface area contributed by atoms with Gasteiger partial charge in [0.1, 0.15) is 5.75 Å². The number of halogens is 1. The number of ether oxygens (including phenoxy) is 1. The number of carboxylic acid groups (broad SMARTS) is 1. The number of rotatable bonds is 1. The first-order chi connectivity index (χ1) is 8.08. The van der Waals surface area contributed by atoms with Gasteiger partial charge >= 0.3 is 5.97 Å². The van der Waals surface area contributed by atoms with Crippen LogP contribution in [0.3, 0.4) is 0 Å². The van der Waals surface area contributed by atoms with Crippen LogP contribution in [0.1, 0.15) is 24.0 Å². The van der Waals surface area contributed by atoms with E-state index in [1.54, 1.807) is 0 Å². The van der Waals surface area contributed by atoms with Crippen molar-refractivity contribution < 1.29 is 14.6 Å². The Kier molecular flexibility index (Phi) is 3.52. The van der Waals surface area contributed by atoms with E-state index in [9.17, 15) is 4.79 Å². The Morgan fingerprint density at radius 2 is 2.29 bits per heavy atom. The summed E-state index contributed by atoms with van der Waals surface area (Å²) in [5, 5.41) is 8.89. The molecule has 3 nitrogen and oxygen atoms in total.